The molecule has 0 heterocycles. The highest BCUT2D eigenvalue weighted by molar-refractivity contribution is 6.49. The van der Waals surface area contributed by atoms with E-state index in [1.807, 2.05) is 0 Å². The van der Waals surface area contributed by atoms with Crippen LogP contribution in [0.25, 0.3) is 0 Å². The third-order valence-electron chi connectivity index (χ3n) is 3.51. The second-order valence-corrected chi connectivity index (χ2v) is 5.38. The number of ketones is 2. The van der Waals surface area contributed by atoms with Crippen molar-refractivity contribution in [2.75, 3.05) is 0 Å². The minimum Gasteiger partial charge on any atom is -0.435 e. The molecular weight excluding hydrogens is 356 g/mol. The lowest BCUT2D eigenvalue weighted by atomic mass is 9.98. The molecule has 0 atom stereocenters. The molecule has 0 saturated carbocycles. The summed E-state index contributed by atoms with van der Waals surface area (Å²) in [5, 5.41) is 0. The van der Waals surface area contributed by atoms with Crippen LogP contribution in [0.3, 0.4) is 0 Å². The maximum absolute atomic E-state index is 12.3. The van der Waals surface area contributed by atoms with Gasteiger partial charge in [0.2, 0.25) is 11.6 Å². The molecule has 0 amide bonds. The molecular formula is C18H14F4O4. The molecule has 8 heteroatoms. The Balaban J connectivity index is 2.23. The highest BCUT2D eigenvalue weighted by atomic mass is 19.3. The van der Waals surface area contributed by atoms with Crippen LogP contribution in [0.1, 0.15) is 31.8 Å². The van der Waals surface area contributed by atoms with Gasteiger partial charge in [0, 0.05) is 11.1 Å². The Morgan fingerprint density at radius 3 is 1.35 bits per heavy atom. The second kappa shape index (κ2) is 7.99. The van der Waals surface area contributed by atoms with Gasteiger partial charge in [0.1, 0.15) is 11.5 Å². The zero-order valence-corrected chi connectivity index (χ0v) is 13.8. The molecule has 0 aliphatic heterocycles. The lowest BCUT2D eigenvalue weighted by Gasteiger charge is -2.10. The first-order valence-electron chi connectivity index (χ1n) is 7.39. The molecule has 0 bridgehead atoms. The van der Waals surface area contributed by atoms with Crippen molar-refractivity contribution in [3.63, 3.8) is 0 Å². The van der Waals surface area contributed by atoms with Gasteiger partial charge >= 0.3 is 13.2 Å². The molecule has 0 aliphatic carbocycles. The van der Waals surface area contributed by atoms with Crippen molar-refractivity contribution in [3.8, 4) is 11.5 Å². The van der Waals surface area contributed by atoms with Gasteiger partial charge in [-0.3, -0.25) is 9.59 Å². The molecule has 0 N–H and O–H groups in total. The van der Waals surface area contributed by atoms with Gasteiger partial charge in [-0.1, -0.05) is 0 Å². The van der Waals surface area contributed by atoms with Crippen LogP contribution in [0, 0.1) is 13.8 Å². The van der Waals surface area contributed by atoms with Gasteiger partial charge in [0.25, 0.3) is 0 Å². The SMILES string of the molecule is Cc1cc(C(=O)C(=O)c2ccc(OC(F)F)c(C)c2)ccc1OC(F)F. The summed E-state index contributed by atoms with van der Waals surface area (Å²) in [6, 6.07) is 7.27. The van der Waals surface area contributed by atoms with E-state index in [2.05, 4.69) is 9.47 Å². The van der Waals surface area contributed by atoms with Crippen molar-refractivity contribution in [3.05, 3.63) is 58.7 Å². The average Bonchev–Trinajstić information content (AvgIpc) is 2.56. The largest absolute Gasteiger partial charge is 0.435 e. The van der Waals surface area contributed by atoms with Crippen LogP contribution >= 0.6 is 0 Å². The van der Waals surface area contributed by atoms with E-state index < -0.39 is 24.8 Å². The fourth-order valence-corrected chi connectivity index (χ4v) is 2.30. The Labute approximate surface area is 146 Å². The molecule has 138 valence electrons. The van der Waals surface area contributed by atoms with E-state index in [9.17, 15) is 27.2 Å². The maximum atomic E-state index is 12.3. The summed E-state index contributed by atoms with van der Waals surface area (Å²) < 4.78 is 57.6. The number of Topliss-reactive ketones (excluding diaryl/α,β-unsaturated/α-hetero) is 2. The summed E-state index contributed by atoms with van der Waals surface area (Å²) in [4.78, 5) is 24.6. The summed E-state index contributed by atoms with van der Waals surface area (Å²) in [6.07, 6.45) is 0. The highest BCUT2D eigenvalue weighted by Gasteiger charge is 2.21. The van der Waals surface area contributed by atoms with E-state index in [0.717, 1.165) is 0 Å². The molecule has 2 aromatic rings. The predicted molar refractivity (Wildman–Crippen MR) is 84.3 cm³/mol. The van der Waals surface area contributed by atoms with Crippen LogP contribution in [-0.4, -0.2) is 24.8 Å². The lowest BCUT2D eigenvalue weighted by molar-refractivity contribution is -0.0509. The number of carbonyl (C=O) groups is 2. The van der Waals surface area contributed by atoms with Gasteiger partial charge in [-0.05, 0) is 61.4 Å². The molecule has 0 spiro atoms. The van der Waals surface area contributed by atoms with Crippen molar-refractivity contribution in [2.45, 2.75) is 27.1 Å². The van der Waals surface area contributed by atoms with Crippen LogP contribution in [0.5, 0.6) is 11.5 Å². The standard InChI is InChI=1S/C18H14F4O4/c1-9-7-11(3-5-13(9)25-17(19)20)15(23)16(24)12-4-6-14(10(2)8-12)26-18(21)22/h3-8,17-18H,1-2H3. The number of hydrogen-bond donors (Lipinski definition) is 0. The third kappa shape index (κ3) is 4.59. The Morgan fingerprint density at radius 1 is 0.731 bits per heavy atom. The van der Waals surface area contributed by atoms with Crippen LogP contribution in [-0.2, 0) is 0 Å². The van der Waals surface area contributed by atoms with Crippen molar-refractivity contribution in [1.82, 2.24) is 0 Å². The second-order valence-electron chi connectivity index (χ2n) is 5.38. The summed E-state index contributed by atoms with van der Waals surface area (Å²) in [6.45, 7) is -3.10. The van der Waals surface area contributed by atoms with Crippen molar-refractivity contribution < 1.29 is 36.6 Å². The molecule has 2 aromatic carbocycles. The quantitative estimate of drug-likeness (QED) is 0.407. The minimum atomic E-state index is -3.01. The van der Waals surface area contributed by atoms with Gasteiger partial charge in [0.15, 0.2) is 0 Å². The van der Waals surface area contributed by atoms with Crippen LogP contribution in [0.15, 0.2) is 36.4 Å². The van der Waals surface area contributed by atoms with E-state index >= 15 is 0 Å². The summed E-state index contributed by atoms with van der Waals surface area (Å²) in [5.41, 5.74) is 0.529. The van der Waals surface area contributed by atoms with Crippen molar-refractivity contribution >= 4 is 11.6 Å². The number of carbonyl (C=O) groups excluding carboxylic acids is 2. The van der Waals surface area contributed by atoms with Crippen LogP contribution in [0.2, 0.25) is 0 Å². The summed E-state index contributed by atoms with van der Waals surface area (Å²) >= 11 is 0. The number of halogens is 4. The predicted octanol–water partition coefficient (Wildman–Crippen LogP) is 4.57. The zero-order valence-electron chi connectivity index (χ0n) is 13.8. The maximum Gasteiger partial charge on any atom is 0.387 e. The fourth-order valence-electron chi connectivity index (χ4n) is 2.30. The molecule has 4 nitrogen and oxygen atoms in total. The van der Waals surface area contributed by atoms with Crippen LogP contribution < -0.4 is 9.47 Å². The van der Waals surface area contributed by atoms with Crippen LogP contribution in [0.4, 0.5) is 17.6 Å². The molecule has 0 aromatic heterocycles. The number of benzene rings is 2. The number of rotatable bonds is 7. The Bertz CT molecular complexity index is 764. The Morgan fingerprint density at radius 2 is 1.08 bits per heavy atom. The topological polar surface area (TPSA) is 52.6 Å². The number of aryl methyl sites for hydroxylation is 2. The number of ether oxygens (including phenoxy) is 2. The Hall–Kier alpha value is -2.90. The number of alkyl halides is 4. The van der Waals surface area contributed by atoms with Crippen molar-refractivity contribution in [1.29, 1.82) is 0 Å². The monoisotopic (exact) mass is 370 g/mol. The highest BCUT2D eigenvalue weighted by Crippen LogP contribution is 2.24. The molecule has 26 heavy (non-hydrogen) atoms. The van der Waals surface area contributed by atoms with Gasteiger partial charge < -0.3 is 9.47 Å². The van der Waals surface area contributed by atoms with E-state index in [4.69, 9.17) is 0 Å². The number of hydrogen-bond acceptors (Lipinski definition) is 4. The van der Waals surface area contributed by atoms with Gasteiger partial charge in [-0.15, -0.1) is 0 Å². The minimum absolute atomic E-state index is 0.000300. The summed E-state index contributed by atoms with van der Waals surface area (Å²) in [5.74, 6) is -1.93. The van der Waals surface area contributed by atoms with E-state index in [0.29, 0.717) is 0 Å². The Kier molecular flexibility index (Phi) is 5.97. The van der Waals surface area contributed by atoms with Gasteiger partial charge in [0.05, 0.1) is 0 Å². The molecule has 0 unspecified atom stereocenters. The molecule has 0 radical (unpaired) electrons. The molecule has 0 saturated heterocycles. The fraction of sp³-hybridized carbons (Fsp3) is 0.222. The van der Waals surface area contributed by atoms with E-state index in [1.165, 1.54) is 50.2 Å². The summed E-state index contributed by atoms with van der Waals surface area (Å²) in [7, 11) is 0. The first-order valence-corrected chi connectivity index (χ1v) is 7.39. The normalized spacial score (nSPS) is 10.9. The van der Waals surface area contributed by atoms with Gasteiger partial charge in [-0.25, -0.2) is 0 Å². The smallest absolute Gasteiger partial charge is 0.387 e. The first kappa shape index (κ1) is 19.4. The average molecular weight is 370 g/mol. The third-order valence-corrected chi connectivity index (χ3v) is 3.51. The van der Waals surface area contributed by atoms with E-state index in [1.54, 1.807) is 0 Å². The molecule has 0 fully saturated rings. The molecule has 0 aliphatic rings. The van der Waals surface area contributed by atoms with Crippen molar-refractivity contribution in [2.24, 2.45) is 0 Å². The zero-order chi connectivity index (χ0) is 19.4. The lowest BCUT2D eigenvalue weighted by Crippen LogP contribution is -2.15. The molecule has 2 rings (SSSR count). The van der Waals surface area contributed by atoms with E-state index in [-0.39, 0.29) is 33.8 Å². The van der Waals surface area contributed by atoms with Gasteiger partial charge in [-0.2, -0.15) is 17.6 Å². The first-order chi connectivity index (χ1) is 12.2.